The molecule has 1 aromatic carbocycles. The fraction of sp³-hybridized carbons (Fsp3) is 0.435. The van der Waals surface area contributed by atoms with Crippen LogP contribution >= 0.6 is 0 Å². The Bertz CT molecular complexity index is 1380. The van der Waals surface area contributed by atoms with E-state index in [-0.39, 0.29) is 18.4 Å². The maximum Gasteiger partial charge on any atom is 0.402 e. The van der Waals surface area contributed by atoms with Crippen molar-refractivity contribution in [3.05, 3.63) is 53.7 Å². The highest BCUT2D eigenvalue weighted by Gasteiger charge is 2.60. The van der Waals surface area contributed by atoms with Crippen molar-refractivity contribution >= 4 is 10.2 Å². The van der Waals surface area contributed by atoms with E-state index in [0.29, 0.717) is 34.6 Å². The molecule has 1 spiro atoms. The van der Waals surface area contributed by atoms with Gasteiger partial charge in [0.25, 0.3) is 16.1 Å². The van der Waals surface area contributed by atoms with Crippen LogP contribution in [0.1, 0.15) is 24.0 Å². The highest BCUT2D eigenvalue weighted by molar-refractivity contribution is 7.87. The first-order valence-corrected chi connectivity index (χ1v) is 12.8. The smallest absolute Gasteiger partial charge is 0.332 e. The second kappa shape index (κ2) is 7.84. The van der Waals surface area contributed by atoms with Gasteiger partial charge in [-0.3, -0.25) is 4.98 Å². The second-order valence-corrected chi connectivity index (χ2v) is 11.2. The van der Waals surface area contributed by atoms with Crippen molar-refractivity contribution in [3.63, 3.8) is 0 Å². The third-order valence-corrected chi connectivity index (χ3v) is 9.06. The van der Waals surface area contributed by atoms with Crippen molar-refractivity contribution in [2.24, 2.45) is 11.8 Å². The highest BCUT2D eigenvalue weighted by Crippen LogP contribution is 2.50. The minimum atomic E-state index is -4.60. The third-order valence-electron chi connectivity index (χ3n) is 7.48. The minimum absolute atomic E-state index is 0.0754. The Labute approximate surface area is 199 Å². The molecule has 3 aromatic rings. The molecule has 1 saturated carbocycles. The fourth-order valence-electron chi connectivity index (χ4n) is 5.92. The van der Waals surface area contributed by atoms with Crippen molar-refractivity contribution in [1.29, 1.82) is 0 Å². The Kier molecular flexibility index (Phi) is 5.07. The summed E-state index contributed by atoms with van der Waals surface area (Å²) >= 11 is 0. The van der Waals surface area contributed by atoms with E-state index in [9.17, 15) is 21.6 Å². The van der Waals surface area contributed by atoms with Crippen molar-refractivity contribution in [3.8, 4) is 23.0 Å². The number of nitrogens with one attached hydrogen (secondary N) is 1. The van der Waals surface area contributed by atoms with Crippen LogP contribution in [0.15, 0.2) is 47.1 Å². The molecule has 1 saturated heterocycles. The molecule has 184 valence electrons. The Morgan fingerprint density at radius 1 is 1.11 bits per heavy atom. The molecule has 1 N–H and O–H groups in total. The normalized spacial score (nSPS) is 27.7. The topological polar surface area (TPSA) is 101 Å². The van der Waals surface area contributed by atoms with Gasteiger partial charge < -0.3 is 4.52 Å². The van der Waals surface area contributed by atoms with Gasteiger partial charge in [0.1, 0.15) is 12.2 Å². The molecule has 2 aromatic heterocycles. The molecule has 3 heterocycles. The van der Waals surface area contributed by atoms with Crippen LogP contribution in [0, 0.1) is 11.8 Å². The van der Waals surface area contributed by atoms with Crippen LogP contribution in [0.25, 0.3) is 23.0 Å². The summed E-state index contributed by atoms with van der Waals surface area (Å²) in [4.78, 5) is 8.68. The van der Waals surface area contributed by atoms with Gasteiger partial charge in [-0.25, -0.2) is 0 Å². The van der Waals surface area contributed by atoms with Gasteiger partial charge in [0.05, 0.1) is 5.54 Å². The van der Waals surface area contributed by atoms with Gasteiger partial charge in [0.2, 0.25) is 5.82 Å². The molecule has 12 heteroatoms. The van der Waals surface area contributed by atoms with Gasteiger partial charge in [0, 0.05) is 18.3 Å². The maximum atomic E-state index is 13.1. The van der Waals surface area contributed by atoms with Gasteiger partial charge in [-0.1, -0.05) is 23.4 Å². The lowest BCUT2D eigenvalue weighted by Gasteiger charge is -2.33. The van der Waals surface area contributed by atoms with E-state index < -0.39 is 28.5 Å². The number of fused-ring (bicyclic) bond motifs is 1. The average Bonchev–Trinajstić information content (AvgIpc) is 3.43. The molecular formula is C23H22F3N5O3S. The van der Waals surface area contributed by atoms with Crippen molar-refractivity contribution in [2.75, 3.05) is 13.1 Å². The van der Waals surface area contributed by atoms with Crippen LogP contribution < -0.4 is 4.72 Å². The number of hydrogen-bond acceptors (Lipinski definition) is 6. The summed E-state index contributed by atoms with van der Waals surface area (Å²) in [5.41, 5.74) is 2.53. The van der Waals surface area contributed by atoms with Crippen LogP contribution in [-0.2, 0) is 23.1 Å². The SMILES string of the molecule is O=S1(=O)N[C@@]2(CN1CC(F)(F)F)[C@@H]1CC[C@H]2Cc2ccc(-c3noc(-c4ccccn4)n3)cc2C1. The summed E-state index contributed by atoms with van der Waals surface area (Å²) in [5.74, 6) is 0.536. The number of alkyl halides is 3. The third kappa shape index (κ3) is 3.93. The first kappa shape index (κ1) is 22.6. The highest BCUT2D eigenvalue weighted by atomic mass is 32.2. The quantitative estimate of drug-likeness (QED) is 0.586. The zero-order chi connectivity index (χ0) is 24.4. The summed E-state index contributed by atoms with van der Waals surface area (Å²) in [6.07, 6.45) is -0.275. The van der Waals surface area contributed by atoms with Crippen LogP contribution in [-0.4, -0.2) is 52.7 Å². The lowest BCUT2D eigenvalue weighted by Crippen LogP contribution is -2.52. The van der Waals surface area contributed by atoms with Crippen molar-refractivity contribution < 1.29 is 26.1 Å². The summed E-state index contributed by atoms with van der Waals surface area (Å²) in [7, 11) is -4.21. The second-order valence-electron chi connectivity index (χ2n) is 9.53. The van der Waals surface area contributed by atoms with Crippen molar-refractivity contribution in [1.82, 2.24) is 24.2 Å². The van der Waals surface area contributed by atoms with Gasteiger partial charge in [-0.05, 0) is 66.8 Å². The standard InChI is InChI=1S/C23H22F3N5O3S/c24-23(25,26)13-31-12-22(30-35(31,32)33)17-6-7-18(22)11-16-9-15(5-4-14(16)10-17)20-28-21(34-29-20)19-3-1-2-8-27-19/h1-5,8-9,17-18,30H,6-7,10-13H2/t17-,18+,22+/m0/s1. The van der Waals surface area contributed by atoms with Gasteiger partial charge >= 0.3 is 6.18 Å². The molecule has 2 aliphatic carbocycles. The molecule has 2 fully saturated rings. The molecule has 6 rings (SSSR count). The maximum absolute atomic E-state index is 13.1. The monoisotopic (exact) mass is 505 g/mol. The van der Waals surface area contributed by atoms with E-state index in [4.69, 9.17) is 4.52 Å². The van der Waals surface area contributed by atoms with E-state index in [0.717, 1.165) is 29.5 Å². The molecule has 3 atom stereocenters. The van der Waals surface area contributed by atoms with Gasteiger partial charge in [-0.2, -0.15) is 35.6 Å². The molecule has 8 nitrogen and oxygen atoms in total. The summed E-state index contributed by atoms with van der Waals surface area (Å²) in [6, 6.07) is 11.2. The van der Waals surface area contributed by atoms with Crippen LogP contribution in [0.4, 0.5) is 13.2 Å². The first-order valence-electron chi connectivity index (χ1n) is 11.4. The number of nitrogens with zero attached hydrogens (tertiary/aromatic N) is 4. The minimum Gasteiger partial charge on any atom is -0.332 e. The predicted octanol–water partition coefficient (Wildman–Crippen LogP) is 3.37. The zero-order valence-electron chi connectivity index (χ0n) is 18.5. The van der Waals surface area contributed by atoms with Crippen LogP contribution in [0.5, 0.6) is 0 Å². The zero-order valence-corrected chi connectivity index (χ0v) is 19.3. The van der Waals surface area contributed by atoms with E-state index in [1.165, 1.54) is 0 Å². The molecule has 0 amide bonds. The number of halogens is 3. The molecule has 0 radical (unpaired) electrons. The van der Waals surface area contributed by atoms with Crippen LogP contribution in [0.3, 0.4) is 0 Å². The fourth-order valence-corrected chi connectivity index (χ4v) is 7.62. The number of pyridine rings is 1. The summed E-state index contributed by atoms with van der Waals surface area (Å²) < 4.78 is 73.1. The van der Waals surface area contributed by atoms with E-state index >= 15 is 0 Å². The largest absolute Gasteiger partial charge is 0.402 e. The Balaban J connectivity index is 1.30. The number of benzene rings is 1. The molecule has 1 aliphatic heterocycles. The van der Waals surface area contributed by atoms with Crippen molar-refractivity contribution in [2.45, 2.75) is 37.4 Å². The number of rotatable bonds is 3. The Morgan fingerprint density at radius 2 is 1.89 bits per heavy atom. The molecule has 35 heavy (non-hydrogen) atoms. The van der Waals surface area contributed by atoms with E-state index in [1.54, 1.807) is 18.3 Å². The summed E-state index contributed by atoms with van der Waals surface area (Å²) in [6.45, 7) is -1.64. The van der Waals surface area contributed by atoms with Gasteiger partial charge in [-0.15, -0.1) is 0 Å². The van der Waals surface area contributed by atoms with E-state index in [2.05, 4.69) is 19.8 Å². The predicted molar refractivity (Wildman–Crippen MR) is 119 cm³/mol. The molecule has 2 bridgehead atoms. The van der Waals surface area contributed by atoms with Gasteiger partial charge in [0.15, 0.2) is 0 Å². The number of aromatic nitrogens is 3. The molecule has 0 unspecified atom stereocenters. The first-order chi connectivity index (χ1) is 16.6. The summed E-state index contributed by atoms with van der Waals surface area (Å²) in [5, 5.41) is 4.09. The van der Waals surface area contributed by atoms with E-state index in [1.807, 2.05) is 24.3 Å². The lowest BCUT2D eigenvalue weighted by atomic mass is 9.79. The van der Waals surface area contributed by atoms with Crippen LogP contribution in [0.2, 0.25) is 0 Å². The number of hydrogen-bond donors (Lipinski definition) is 1. The lowest BCUT2D eigenvalue weighted by molar-refractivity contribution is -0.136. The Morgan fingerprint density at radius 3 is 2.60 bits per heavy atom. The Hall–Kier alpha value is -2.83. The molecule has 3 aliphatic rings. The molecular weight excluding hydrogens is 483 g/mol. The average molecular weight is 506 g/mol.